The third-order valence-corrected chi connectivity index (χ3v) is 3.28. The fraction of sp³-hybridized carbons (Fsp3) is 0.636. The van der Waals surface area contributed by atoms with E-state index >= 15 is 0 Å². The Balaban J connectivity index is 2.02. The maximum absolute atomic E-state index is 5.98. The van der Waals surface area contributed by atoms with Gasteiger partial charge in [-0.25, -0.2) is 9.97 Å². The van der Waals surface area contributed by atoms with E-state index in [0.717, 1.165) is 18.7 Å². The summed E-state index contributed by atoms with van der Waals surface area (Å²) >= 11 is 5.98. The molecule has 0 spiro atoms. The summed E-state index contributed by atoms with van der Waals surface area (Å²) in [6.45, 7) is 3.96. The van der Waals surface area contributed by atoms with Crippen molar-refractivity contribution in [3.8, 4) is 0 Å². The van der Waals surface area contributed by atoms with Gasteiger partial charge in [0, 0.05) is 31.4 Å². The highest BCUT2D eigenvalue weighted by atomic mass is 35.5. The highest BCUT2D eigenvalue weighted by molar-refractivity contribution is 6.30. The van der Waals surface area contributed by atoms with Gasteiger partial charge in [-0.1, -0.05) is 11.6 Å². The van der Waals surface area contributed by atoms with Crippen molar-refractivity contribution in [2.24, 2.45) is 0 Å². The molecule has 88 valence electrons. The van der Waals surface area contributed by atoms with Crippen LogP contribution in [0.1, 0.15) is 18.4 Å². The number of likely N-dealkylation sites (N-methyl/N-ethyl adjacent to an activating group) is 1. The molecule has 0 saturated carbocycles. The molecule has 1 aliphatic heterocycles. The zero-order chi connectivity index (χ0) is 11.5. The molecule has 2 rings (SSSR count). The van der Waals surface area contributed by atoms with Crippen LogP contribution in [-0.4, -0.2) is 36.1 Å². The molecule has 1 aliphatic rings. The normalized spacial score (nSPS) is 20.1. The maximum atomic E-state index is 5.98. The lowest BCUT2D eigenvalue weighted by atomic mass is 10.2. The molecule has 1 saturated heterocycles. The molecule has 1 aromatic heterocycles. The lowest BCUT2D eigenvalue weighted by molar-refractivity contribution is 0.594. The van der Waals surface area contributed by atoms with Crippen LogP contribution >= 0.6 is 11.6 Å². The van der Waals surface area contributed by atoms with E-state index in [9.17, 15) is 0 Å². The quantitative estimate of drug-likeness (QED) is 0.816. The summed E-state index contributed by atoms with van der Waals surface area (Å²) in [5.74, 6) is 0.698. The molecule has 5 heteroatoms. The van der Waals surface area contributed by atoms with Crippen LogP contribution in [0.2, 0.25) is 5.15 Å². The molecule has 1 N–H and O–H groups in total. The summed E-state index contributed by atoms with van der Waals surface area (Å²) in [5.41, 5.74) is 0.915. The van der Waals surface area contributed by atoms with Crippen LogP contribution in [0.25, 0.3) is 0 Å². The van der Waals surface area contributed by atoms with E-state index in [0.29, 0.717) is 17.1 Å². The maximum Gasteiger partial charge on any atom is 0.226 e. The van der Waals surface area contributed by atoms with E-state index in [4.69, 9.17) is 11.6 Å². The average molecular weight is 241 g/mol. The van der Waals surface area contributed by atoms with Crippen molar-refractivity contribution in [2.75, 3.05) is 25.0 Å². The number of aromatic nitrogens is 2. The Bertz CT molecular complexity index is 363. The fourth-order valence-corrected chi connectivity index (χ4v) is 2.05. The van der Waals surface area contributed by atoms with Crippen molar-refractivity contribution in [1.82, 2.24) is 15.3 Å². The molecule has 1 aromatic rings. The van der Waals surface area contributed by atoms with E-state index in [1.807, 2.05) is 18.9 Å². The standard InChI is InChI=1S/C11H17ClN4/c1-8-6-14-11(15-10(8)12)16(2)7-9-4-3-5-13-9/h6,9,13H,3-5,7H2,1-2H3. The van der Waals surface area contributed by atoms with E-state index in [1.54, 1.807) is 6.20 Å². The third kappa shape index (κ3) is 2.62. The smallest absolute Gasteiger partial charge is 0.226 e. The Morgan fingerprint density at radius 1 is 1.62 bits per heavy atom. The number of nitrogens with one attached hydrogen (secondary N) is 1. The average Bonchev–Trinajstić information content (AvgIpc) is 2.74. The van der Waals surface area contributed by atoms with E-state index in [-0.39, 0.29) is 0 Å². The zero-order valence-electron chi connectivity index (χ0n) is 9.70. The summed E-state index contributed by atoms with van der Waals surface area (Å²) in [4.78, 5) is 10.6. The monoisotopic (exact) mass is 240 g/mol. The molecule has 1 fully saturated rings. The van der Waals surface area contributed by atoms with Gasteiger partial charge in [0.1, 0.15) is 5.15 Å². The molecule has 0 aliphatic carbocycles. The van der Waals surface area contributed by atoms with E-state index in [1.165, 1.54) is 12.8 Å². The Morgan fingerprint density at radius 2 is 2.44 bits per heavy atom. The second kappa shape index (κ2) is 4.97. The summed E-state index contributed by atoms with van der Waals surface area (Å²) in [6.07, 6.45) is 4.25. The zero-order valence-corrected chi connectivity index (χ0v) is 10.5. The van der Waals surface area contributed by atoms with Crippen LogP contribution in [0.5, 0.6) is 0 Å². The predicted molar refractivity (Wildman–Crippen MR) is 66.1 cm³/mol. The van der Waals surface area contributed by atoms with Crippen LogP contribution in [0.4, 0.5) is 5.95 Å². The van der Waals surface area contributed by atoms with Gasteiger partial charge in [-0.05, 0) is 26.3 Å². The van der Waals surface area contributed by atoms with Gasteiger partial charge in [0.15, 0.2) is 0 Å². The first-order chi connectivity index (χ1) is 7.66. The SMILES string of the molecule is Cc1cnc(N(C)CC2CCCN2)nc1Cl. The highest BCUT2D eigenvalue weighted by Gasteiger charge is 2.17. The van der Waals surface area contributed by atoms with Crippen LogP contribution < -0.4 is 10.2 Å². The third-order valence-electron chi connectivity index (χ3n) is 2.90. The number of halogens is 1. The molecule has 0 aromatic carbocycles. The Hall–Kier alpha value is -0.870. The van der Waals surface area contributed by atoms with Gasteiger partial charge in [0.05, 0.1) is 0 Å². The number of aryl methyl sites for hydroxylation is 1. The van der Waals surface area contributed by atoms with Gasteiger partial charge in [0.2, 0.25) is 5.95 Å². The van der Waals surface area contributed by atoms with Gasteiger partial charge < -0.3 is 10.2 Å². The number of hydrogen-bond acceptors (Lipinski definition) is 4. The van der Waals surface area contributed by atoms with Crippen molar-refractivity contribution in [3.63, 3.8) is 0 Å². The molecular formula is C11H17ClN4. The van der Waals surface area contributed by atoms with Crippen molar-refractivity contribution < 1.29 is 0 Å². The molecule has 1 unspecified atom stereocenters. The van der Waals surface area contributed by atoms with Crippen LogP contribution in [-0.2, 0) is 0 Å². The lowest BCUT2D eigenvalue weighted by Gasteiger charge is -2.21. The Kier molecular flexibility index (Phi) is 3.61. The van der Waals surface area contributed by atoms with Crippen LogP contribution in [0.3, 0.4) is 0 Å². The summed E-state index contributed by atoms with van der Waals surface area (Å²) in [7, 11) is 2.00. The summed E-state index contributed by atoms with van der Waals surface area (Å²) in [6, 6.07) is 0.550. The van der Waals surface area contributed by atoms with Crippen molar-refractivity contribution in [2.45, 2.75) is 25.8 Å². The topological polar surface area (TPSA) is 41.1 Å². The second-order valence-corrected chi connectivity index (χ2v) is 4.68. The second-order valence-electron chi connectivity index (χ2n) is 4.32. The number of anilines is 1. The summed E-state index contributed by atoms with van der Waals surface area (Å²) < 4.78 is 0. The molecule has 2 heterocycles. The number of hydrogen-bond donors (Lipinski definition) is 1. The van der Waals surface area contributed by atoms with Gasteiger partial charge in [-0.15, -0.1) is 0 Å². The van der Waals surface area contributed by atoms with Gasteiger partial charge in [0.25, 0.3) is 0 Å². The van der Waals surface area contributed by atoms with E-state index < -0.39 is 0 Å². The number of rotatable bonds is 3. The largest absolute Gasteiger partial charge is 0.342 e. The molecule has 0 bridgehead atoms. The van der Waals surface area contributed by atoms with Crippen LogP contribution in [0, 0.1) is 6.92 Å². The molecular weight excluding hydrogens is 224 g/mol. The summed E-state index contributed by atoms with van der Waals surface area (Å²) in [5, 5.41) is 3.99. The van der Waals surface area contributed by atoms with Crippen LogP contribution in [0.15, 0.2) is 6.20 Å². The first-order valence-electron chi connectivity index (χ1n) is 5.60. The minimum absolute atomic E-state index is 0.538. The molecule has 1 atom stereocenters. The fourth-order valence-electron chi connectivity index (χ4n) is 1.92. The molecule has 16 heavy (non-hydrogen) atoms. The highest BCUT2D eigenvalue weighted by Crippen LogP contribution is 2.15. The Morgan fingerprint density at radius 3 is 3.06 bits per heavy atom. The Labute approximate surface area is 101 Å². The van der Waals surface area contributed by atoms with E-state index in [2.05, 4.69) is 15.3 Å². The van der Waals surface area contributed by atoms with Crippen molar-refractivity contribution in [1.29, 1.82) is 0 Å². The van der Waals surface area contributed by atoms with Crippen molar-refractivity contribution in [3.05, 3.63) is 16.9 Å². The molecule has 4 nitrogen and oxygen atoms in total. The molecule has 0 radical (unpaired) electrons. The van der Waals surface area contributed by atoms with Crippen molar-refractivity contribution >= 4 is 17.5 Å². The first-order valence-corrected chi connectivity index (χ1v) is 5.98. The number of nitrogens with zero attached hydrogens (tertiary/aromatic N) is 3. The van der Waals surface area contributed by atoms with Gasteiger partial charge in [-0.3, -0.25) is 0 Å². The van der Waals surface area contributed by atoms with Gasteiger partial charge >= 0.3 is 0 Å². The minimum atomic E-state index is 0.538. The van der Waals surface area contributed by atoms with Gasteiger partial charge in [-0.2, -0.15) is 0 Å². The minimum Gasteiger partial charge on any atom is -0.342 e. The lowest BCUT2D eigenvalue weighted by Crippen LogP contribution is -2.36. The first kappa shape index (κ1) is 11.6. The predicted octanol–water partition coefficient (Wildman–Crippen LogP) is 1.63. The molecule has 0 amide bonds.